The Hall–Kier alpha value is -3.83. The van der Waals surface area contributed by atoms with Crippen molar-refractivity contribution in [2.24, 2.45) is 0 Å². The minimum atomic E-state index is -4.83. The Morgan fingerprint density at radius 2 is 1.92 bits per heavy atom. The fourth-order valence-electron chi connectivity index (χ4n) is 4.94. The third-order valence-corrected chi connectivity index (χ3v) is 6.80. The van der Waals surface area contributed by atoms with Crippen molar-refractivity contribution in [1.82, 2.24) is 25.2 Å². The Morgan fingerprint density at radius 1 is 1.14 bits per heavy atom. The van der Waals surface area contributed by atoms with Crippen LogP contribution in [0.2, 0.25) is 0 Å². The third-order valence-electron chi connectivity index (χ3n) is 6.80. The molecule has 1 atom stereocenters. The van der Waals surface area contributed by atoms with E-state index in [9.17, 15) is 22.8 Å². The summed E-state index contributed by atoms with van der Waals surface area (Å²) in [6.45, 7) is 1.49. The molecule has 2 aliphatic heterocycles. The molecule has 190 valence electrons. The summed E-state index contributed by atoms with van der Waals surface area (Å²) in [5, 5.41) is 2.88. The first-order valence-corrected chi connectivity index (χ1v) is 11.7. The van der Waals surface area contributed by atoms with E-state index >= 15 is 0 Å². The second kappa shape index (κ2) is 9.32. The van der Waals surface area contributed by atoms with Gasteiger partial charge in [0.1, 0.15) is 11.6 Å². The lowest BCUT2D eigenvalue weighted by molar-refractivity contribution is -0.274. The van der Waals surface area contributed by atoms with Gasteiger partial charge in [-0.3, -0.25) is 9.59 Å². The number of nitrogen functional groups attached to an aromatic ring is 1. The van der Waals surface area contributed by atoms with Crippen molar-refractivity contribution >= 4 is 28.7 Å². The number of alkyl halides is 3. The predicted octanol–water partition coefficient (Wildman–Crippen LogP) is 3.45. The van der Waals surface area contributed by atoms with Crippen LogP contribution in [0.25, 0.3) is 11.2 Å². The van der Waals surface area contributed by atoms with Crippen molar-refractivity contribution < 1.29 is 27.5 Å². The van der Waals surface area contributed by atoms with E-state index < -0.39 is 12.1 Å². The monoisotopic (exact) mass is 502 g/mol. The second-order valence-electron chi connectivity index (χ2n) is 9.12. The highest BCUT2D eigenvalue weighted by Crippen LogP contribution is 2.34. The number of pyridine rings is 1. The number of hydrogen-bond acceptors (Lipinski definition) is 6. The highest BCUT2D eigenvalue weighted by atomic mass is 19.4. The van der Waals surface area contributed by atoms with E-state index in [2.05, 4.69) is 25.0 Å². The van der Waals surface area contributed by atoms with Crippen molar-refractivity contribution in [1.29, 1.82) is 0 Å². The number of halogens is 3. The van der Waals surface area contributed by atoms with Gasteiger partial charge in [-0.25, -0.2) is 9.97 Å². The van der Waals surface area contributed by atoms with Gasteiger partial charge in [0.2, 0.25) is 5.91 Å². The molecule has 2 saturated heterocycles. The van der Waals surface area contributed by atoms with Gasteiger partial charge in [0.25, 0.3) is 5.91 Å². The maximum absolute atomic E-state index is 13.0. The van der Waals surface area contributed by atoms with Crippen molar-refractivity contribution in [3.8, 4) is 5.75 Å². The number of H-pyrrole nitrogens is 1. The lowest BCUT2D eigenvalue weighted by atomic mass is 9.89. The summed E-state index contributed by atoms with van der Waals surface area (Å²) in [6.07, 6.45) is -0.500. The number of rotatable bonds is 4. The molecule has 12 heteroatoms. The number of ether oxygens (including phenoxy) is 1. The molecule has 2 fully saturated rings. The number of nitrogens with two attached hydrogens (primary N) is 1. The Bertz CT molecular complexity index is 1290. The van der Waals surface area contributed by atoms with Crippen LogP contribution in [0, 0.1) is 0 Å². The number of benzene rings is 1. The van der Waals surface area contributed by atoms with Gasteiger partial charge in [-0.05, 0) is 48.9 Å². The Balaban J connectivity index is 1.27. The lowest BCUT2D eigenvalue weighted by Gasteiger charge is -2.32. The van der Waals surface area contributed by atoms with Gasteiger partial charge in [0, 0.05) is 49.9 Å². The number of fused-ring (bicyclic) bond motifs is 1. The number of nitrogens with zero attached hydrogens (tertiary/aromatic N) is 3. The third kappa shape index (κ3) is 4.93. The summed E-state index contributed by atoms with van der Waals surface area (Å²) in [7, 11) is 0. The van der Waals surface area contributed by atoms with E-state index in [-0.39, 0.29) is 34.9 Å². The Kier molecular flexibility index (Phi) is 6.19. The number of aromatic nitrogens is 3. The zero-order chi connectivity index (χ0) is 25.4. The number of amides is 2. The predicted molar refractivity (Wildman–Crippen MR) is 124 cm³/mol. The number of hydrogen-bond donors (Lipinski definition) is 3. The average Bonchev–Trinajstić information content (AvgIpc) is 3.28. The normalized spacial score (nSPS) is 19.4. The van der Waals surface area contributed by atoms with Gasteiger partial charge in [-0.15, -0.1) is 13.2 Å². The van der Waals surface area contributed by atoms with Gasteiger partial charge in [0.05, 0.1) is 11.1 Å². The highest BCUT2D eigenvalue weighted by molar-refractivity contribution is 5.99. The summed E-state index contributed by atoms with van der Waals surface area (Å²) in [5.74, 6) is 0.362. The molecule has 2 aromatic heterocycles. The number of carbonyl (C=O) groups is 2. The van der Waals surface area contributed by atoms with Crippen molar-refractivity contribution in [3.05, 3.63) is 47.4 Å². The van der Waals surface area contributed by atoms with Crippen molar-refractivity contribution in [2.75, 3.05) is 25.4 Å². The zero-order valence-electron chi connectivity index (χ0n) is 19.3. The topological polar surface area (TPSA) is 126 Å². The molecular formula is C24H25F3N6O3. The molecule has 0 aliphatic carbocycles. The van der Waals surface area contributed by atoms with E-state index in [0.717, 1.165) is 35.5 Å². The molecule has 36 heavy (non-hydrogen) atoms. The summed E-state index contributed by atoms with van der Waals surface area (Å²) in [6, 6.07) is 5.32. The van der Waals surface area contributed by atoms with Gasteiger partial charge >= 0.3 is 6.36 Å². The van der Waals surface area contributed by atoms with Crippen LogP contribution in [0.15, 0.2) is 30.5 Å². The van der Waals surface area contributed by atoms with Gasteiger partial charge in [-0.1, -0.05) is 0 Å². The molecular weight excluding hydrogens is 477 g/mol. The molecule has 5 rings (SSSR count). The number of piperidine rings is 2. The number of carbonyl (C=O) groups excluding carboxylic acids is 2. The molecule has 0 bridgehead atoms. The molecule has 4 heterocycles. The fraction of sp³-hybridized carbons (Fsp3) is 0.417. The van der Waals surface area contributed by atoms with Crippen molar-refractivity contribution in [3.63, 3.8) is 0 Å². The summed E-state index contributed by atoms with van der Waals surface area (Å²) in [5.41, 5.74) is 8.53. The minimum Gasteiger partial charge on any atom is -0.406 e. The number of aromatic amines is 1. The van der Waals surface area contributed by atoms with E-state index in [1.807, 2.05) is 6.07 Å². The summed E-state index contributed by atoms with van der Waals surface area (Å²) < 4.78 is 41.2. The summed E-state index contributed by atoms with van der Waals surface area (Å²) >= 11 is 0. The van der Waals surface area contributed by atoms with Crippen LogP contribution in [0.1, 0.15) is 59.3 Å². The molecule has 2 aliphatic rings. The van der Waals surface area contributed by atoms with Crippen LogP contribution < -0.4 is 15.8 Å². The van der Waals surface area contributed by atoms with Gasteiger partial charge in [0.15, 0.2) is 5.65 Å². The molecule has 0 spiro atoms. The number of anilines is 1. The number of likely N-dealkylation sites (tertiary alicyclic amines) is 1. The molecule has 4 N–H and O–H groups in total. The SMILES string of the molecule is Nc1cc(OC(F)(F)F)ccc1C(=O)N1CCC(c2ccnc3nc(C4CCC(=O)NC4)[nH]c23)CC1. The van der Waals surface area contributed by atoms with E-state index in [4.69, 9.17) is 5.73 Å². The van der Waals surface area contributed by atoms with Crippen LogP contribution in [-0.4, -0.2) is 57.7 Å². The largest absolute Gasteiger partial charge is 0.573 e. The van der Waals surface area contributed by atoms with Crippen LogP contribution >= 0.6 is 0 Å². The number of nitrogens with one attached hydrogen (secondary N) is 2. The molecule has 2 amide bonds. The first kappa shape index (κ1) is 23.9. The molecule has 1 unspecified atom stereocenters. The van der Waals surface area contributed by atoms with E-state index in [1.54, 1.807) is 11.1 Å². The fourth-order valence-corrected chi connectivity index (χ4v) is 4.94. The summed E-state index contributed by atoms with van der Waals surface area (Å²) in [4.78, 5) is 38.6. The van der Waals surface area contributed by atoms with E-state index in [1.165, 1.54) is 6.07 Å². The quantitative estimate of drug-likeness (QED) is 0.469. The molecule has 3 aromatic rings. The molecule has 0 saturated carbocycles. The van der Waals surface area contributed by atoms with Crippen LogP contribution in [0.4, 0.5) is 18.9 Å². The van der Waals surface area contributed by atoms with Gasteiger partial charge < -0.3 is 25.7 Å². The number of imidazole rings is 1. The molecule has 1 aromatic carbocycles. The zero-order valence-corrected chi connectivity index (χ0v) is 19.3. The maximum atomic E-state index is 13.0. The Morgan fingerprint density at radius 3 is 2.58 bits per heavy atom. The highest BCUT2D eigenvalue weighted by Gasteiger charge is 2.32. The first-order valence-electron chi connectivity index (χ1n) is 11.7. The van der Waals surface area contributed by atoms with Crippen LogP contribution in [0.3, 0.4) is 0 Å². The molecule has 0 radical (unpaired) electrons. The lowest BCUT2D eigenvalue weighted by Crippen LogP contribution is -2.38. The van der Waals surface area contributed by atoms with Crippen LogP contribution in [0.5, 0.6) is 5.75 Å². The van der Waals surface area contributed by atoms with Crippen molar-refractivity contribution in [2.45, 2.75) is 43.9 Å². The van der Waals surface area contributed by atoms with E-state index in [0.29, 0.717) is 44.5 Å². The molecule has 9 nitrogen and oxygen atoms in total. The minimum absolute atomic E-state index is 0.0508. The second-order valence-corrected chi connectivity index (χ2v) is 9.12. The Labute approximate surface area is 204 Å². The average molecular weight is 502 g/mol. The standard InChI is InChI=1S/C24H25F3N6O3/c25-24(26,27)36-15-2-3-17(18(28)11-15)23(35)33-9-6-13(7-10-33)16-5-8-29-22-20(16)31-21(32-22)14-1-4-19(34)30-12-14/h2-3,5,8,11,13-14H,1,4,6-7,9-10,12,28H2,(H,30,34)(H,29,31,32). The maximum Gasteiger partial charge on any atom is 0.573 e. The van der Waals surface area contributed by atoms with Crippen LogP contribution in [-0.2, 0) is 4.79 Å². The van der Waals surface area contributed by atoms with Gasteiger partial charge in [-0.2, -0.15) is 0 Å². The smallest absolute Gasteiger partial charge is 0.406 e. The first-order chi connectivity index (χ1) is 17.2.